The summed E-state index contributed by atoms with van der Waals surface area (Å²) in [5.74, 6) is 0.978. The summed E-state index contributed by atoms with van der Waals surface area (Å²) in [5, 5.41) is 7.70. The van der Waals surface area contributed by atoms with E-state index in [1.54, 1.807) is 0 Å². The zero-order chi connectivity index (χ0) is 38.0. The third-order valence-corrected chi connectivity index (χ3v) is 11.9. The summed E-state index contributed by atoms with van der Waals surface area (Å²) in [7, 11) is 0. The van der Waals surface area contributed by atoms with E-state index >= 15 is 0 Å². The summed E-state index contributed by atoms with van der Waals surface area (Å²) in [5.41, 5.74) is 12.8. The molecule has 0 spiro atoms. The molecule has 7 aromatic carbocycles. The maximum absolute atomic E-state index is 4.50. The van der Waals surface area contributed by atoms with Crippen LogP contribution >= 0.6 is 0 Å². The molecule has 0 saturated heterocycles. The van der Waals surface area contributed by atoms with Gasteiger partial charge in [0.05, 0.1) is 0 Å². The van der Waals surface area contributed by atoms with Gasteiger partial charge in [-0.2, -0.15) is 0 Å². The minimum absolute atomic E-state index is 0.270. The van der Waals surface area contributed by atoms with Crippen LogP contribution in [0, 0.1) is 17.8 Å². The van der Waals surface area contributed by atoms with Crippen LogP contribution in [0.5, 0.6) is 0 Å². The second-order valence-electron chi connectivity index (χ2n) is 15.2. The summed E-state index contributed by atoms with van der Waals surface area (Å²) in [6.45, 7) is 7.50. The molecule has 0 saturated carbocycles. The van der Waals surface area contributed by atoms with Gasteiger partial charge in [0.1, 0.15) is 0 Å². The van der Waals surface area contributed by atoms with Crippen molar-refractivity contribution in [1.82, 2.24) is 0 Å². The van der Waals surface area contributed by atoms with Gasteiger partial charge in [-0.1, -0.05) is 165 Å². The Hall–Kier alpha value is -6.38. The van der Waals surface area contributed by atoms with Crippen LogP contribution in [0.3, 0.4) is 0 Å². The fraction of sp³-hybridized carbons (Fsp3) is 0.148. The van der Waals surface area contributed by atoms with Gasteiger partial charge >= 0.3 is 0 Å². The number of dihydropyridines is 1. The number of hydrogen-bond donors (Lipinski definition) is 0. The van der Waals surface area contributed by atoms with Crippen LogP contribution in [-0.2, 0) is 0 Å². The van der Waals surface area contributed by atoms with Crippen molar-refractivity contribution in [2.75, 3.05) is 6.54 Å². The van der Waals surface area contributed by atoms with Crippen molar-refractivity contribution in [1.29, 1.82) is 0 Å². The van der Waals surface area contributed by atoms with Crippen LogP contribution < -0.4 is 0 Å². The second kappa shape index (κ2) is 15.4. The van der Waals surface area contributed by atoms with E-state index in [2.05, 4.69) is 188 Å². The highest BCUT2D eigenvalue weighted by Gasteiger charge is 2.29. The highest BCUT2D eigenvalue weighted by molar-refractivity contribution is 6.26. The second-order valence-corrected chi connectivity index (χ2v) is 15.2. The quantitative estimate of drug-likeness (QED) is 0.110. The zero-order valence-corrected chi connectivity index (χ0v) is 32.4. The highest BCUT2D eigenvalue weighted by Crippen LogP contribution is 2.44. The van der Waals surface area contributed by atoms with E-state index in [9.17, 15) is 0 Å². The molecule has 2 heteroatoms. The number of nitrogens with zero attached hydrogens (tertiary/aromatic N) is 2. The Kier molecular flexibility index (Phi) is 9.71. The van der Waals surface area contributed by atoms with Gasteiger partial charge in [0, 0.05) is 31.1 Å². The first-order chi connectivity index (χ1) is 27.6. The average molecular weight is 723 g/mol. The topological polar surface area (TPSA) is 24.7 Å². The van der Waals surface area contributed by atoms with Crippen molar-refractivity contribution < 1.29 is 0 Å². The molecule has 0 radical (unpaired) electrons. The molecule has 2 aliphatic rings. The lowest BCUT2D eigenvalue weighted by Crippen LogP contribution is -2.22. The normalized spacial score (nSPS) is 17.8. The van der Waals surface area contributed by atoms with Gasteiger partial charge in [-0.05, 0) is 126 Å². The molecule has 272 valence electrons. The predicted molar refractivity (Wildman–Crippen MR) is 243 cm³/mol. The Balaban J connectivity index is 1.16. The first-order valence-corrected chi connectivity index (χ1v) is 20.0. The Morgan fingerprint density at radius 1 is 0.625 bits per heavy atom. The molecule has 1 heterocycles. The van der Waals surface area contributed by atoms with Crippen LogP contribution in [0.25, 0.3) is 71.3 Å². The van der Waals surface area contributed by atoms with Crippen molar-refractivity contribution in [3.05, 3.63) is 187 Å². The van der Waals surface area contributed by atoms with Gasteiger partial charge in [-0.3, -0.25) is 9.98 Å². The average Bonchev–Trinajstić information content (AvgIpc) is 3.27. The lowest BCUT2D eigenvalue weighted by molar-refractivity contribution is 0.497. The van der Waals surface area contributed by atoms with E-state index in [1.807, 2.05) is 25.6 Å². The van der Waals surface area contributed by atoms with E-state index in [0.29, 0.717) is 11.8 Å². The summed E-state index contributed by atoms with van der Waals surface area (Å²) in [4.78, 5) is 8.89. The van der Waals surface area contributed by atoms with Gasteiger partial charge in [-0.25, -0.2) is 0 Å². The van der Waals surface area contributed by atoms with Crippen LogP contribution in [0.4, 0.5) is 0 Å². The maximum Gasteiger partial charge on any atom is 0.0426 e. The van der Waals surface area contributed by atoms with Crippen LogP contribution in [-0.4, -0.2) is 19.0 Å². The molecule has 9 rings (SSSR count). The summed E-state index contributed by atoms with van der Waals surface area (Å²) in [6.07, 6.45) is 16.2. The number of aliphatic imine (C=N–C) groups is 2. The maximum atomic E-state index is 4.50. The first kappa shape index (κ1) is 35.3. The van der Waals surface area contributed by atoms with Gasteiger partial charge in [0.25, 0.3) is 0 Å². The summed E-state index contributed by atoms with van der Waals surface area (Å²) in [6, 6.07) is 51.6. The molecule has 1 aliphatic heterocycles. The molecule has 56 heavy (non-hydrogen) atoms. The fourth-order valence-electron chi connectivity index (χ4n) is 9.00. The first-order valence-electron chi connectivity index (χ1n) is 20.0. The van der Waals surface area contributed by atoms with E-state index < -0.39 is 0 Å². The monoisotopic (exact) mass is 722 g/mol. The van der Waals surface area contributed by atoms with Crippen molar-refractivity contribution in [3.63, 3.8) is 0 Å². The smallest absolute Gasteiger partial charge is 0.0426 e. The molecule has 3 unspecified atom stereocenters. The van der Waals surface area contributed by atoms with E-state index in [1.165, 1.54) is 88.0 Å². The number of rotatable bonds is 8. The zero-order valence-electron chi connectivity index (χ0n) is 32.4. The van der Waals surface area contributed by atoms with Crippen LogP contribution in [0.15, 0.2) is 191 Å². The van der Waals surface area contributed by atoms with E-state index in [-0.39, 0.29) is 5.92 Å². The molecule has 0 fully saturated rings. The molecular formula is C54H46N2. The van der Waals surface area contributed by atoms with Gasteiger partial charge in [0.15, 0.2) is 0 Å². The predicted octanol–water partition coefficient (Wildman–Crippen LogP) is 14.4. The fourth-order valence-corrected chi connectivity index (χ4v) is 9.00. The molecule has 1 aliphatic carbocycles. The molecule has 2 nitrogen and oxygen atoms in total. The minimum Gasteiger partial charge on any atom is -0.293 e. The van der Waals surface area contributed by atoms with E-state index in [0.717, 1.165) is 13.0 Å². The highest BCUT2D eigenvalue weighted by atomic mass is 14.7. The number of fused-ring (bicyclic) bond motifs is 6. The molecule has 0 amide bonds. The van der Waals surface area contributed by atoms with Crippen molar-refractivity contribution >= 4 is 50.3 Å². The molecular weight excluding hydrogens is 677 g/mol. The van der Waals surface area contributed by atoms with E-state index in [4.69, 9.17) is 0 Å². The van der Waals surface area contributed by atoms with Crippen molar-refractivity contribution in [2.45, 2.75) is 27.2 Å². The minimum atomic E-state index is 0.270. The third-order valence-electron chi connectivity index (χ3n) is 11.9. The lowest BCUT2D eigenvalue weighted by atomic mass is 9.71. The molecule has 0 N–H and O–H groups in total. The number of allylic oxidation sites excluding steroid dienone is 6. The Labute approximate surface area is 330 Å². The lowest BCUT2D eigenvalue weighted by Gasteiger charge is -2.33. The number of benzene rings is 7. The van der Waals surface area contributed by atoms with Crippen LogP contribution in [0.1, 0.15) is 32.8 Å². The Morgan fingerprint density at radius 3 is 1.93 bits per heavy atom. The van der Waals surface area contributed by atoms with Crippen LogP contribution in [0.2, 0.25) is 0 Å². The van der Waals surface area contributed by atoms with Crippen molar-refractivity contribution in [2.24, 2.45) is 27.7 Å². The third kappa shape index (κ3) is 6.66. The van der Waals surface area contributed by atoms with Gasteiger partial charge < -0.3 is 0 Å². The summed E-state index contributed by atoms with van der Waals surface area (Å²) >= 11 is 0. The standard InChI is InChI=1S/C54H46N2/c1-4-55-28-25-36(2)51-34-44(35-52(37(51)3)39-26-29-56-30-27-39)40-15-12-16-42(31-40)45-17-8-9-18-46(45)43-22-24-50-48-20-11-10-19-47(48)49-23-21-41(32-53(49)54(50)33-43)38-13-6-5-7-14-38/h4-26,28-29,31-37,52H,27,30H2,1-3H3/b28-25-,55-4?. The van der Waals surface area contributed by atoms with Gasteiger partial charge in [0.2, 0.25) is 0 Å². The molecule has 0 bridgehead atoms. The molecule has 7 aromatic rings. The summed E-state index contributed by atoms with van der Waals surface area (Å²) < 4.78 is 0. The number of hydrogen-bond acceptors (Lipinski definition) is 2. The Bertz CT molecular complexity index is 2790. The SMILES string of the molecule is CC=N/C=C\C(C)C1=CC(c2cccc(-c3ccccc3-c3ccc4c5ccccc5c5ccc(-c6ccccc6)cc5c4c3)c2)=CC(C2=CC=NCC2)C1C. The molecule has 3 atom stereocenters. The van der Waals surface area contributed by atoms with Gasteiger partial charge in [-0.15, -0.1) is 0 Å². The largest absolute Gasteiger partial charge is 0.293 e. The van der Waals surface area contributed by atoms with Crippen molar-refractivity contribution in [3.8, 4) is 33.4 Å². The molecule has 0 aromatic heterocycles. The Morgan fingerprint density at radius 2 is 1.23 bits per heavy atom.